The highest BCUT2D eigenvalue weighted by atomic mass is 32.2. The van der Waals surface area contributed by atoms with E-state index in [-0.39, 0.29) is 18.1 Å². The number of primary amides is 1. The number of carbonyl (C=O) groups excluding carboxylic acids is 2. The highest BCUT2D eigenvalue weighted by Crippen LogP contribution is 2.25. The van der Waals surface area contributed by atoms with Crippen LogP contribution in [0.5, 0.6) is 0 Å². The molecule has 3 rings (SSSR count). The zero-order valence-electron chi connectivity index (χ0n) is 14.0. The van der Waals surface area contributed by atoms with Gasteiger partial charge in [-0.3, -0.25) is 13.9 Å². The molecule has 1 aliphatic rings. The summed E-state index contributed by atoms with van der Waals surface area (Å²) < 4.78 is 25.4. The molecule has 0 aliphatic carbocycles. The van der Waals surface area contributed by atoms with Crippen molar-refractivity contribution in [2.45, 2.75) is 12.8 Å². The summed E-state index contributed by atoms with van der Waals surface area (Å²) in [5.74, 6) is -0.636. The lowest BCUT2D eigenvalue weighted by atomic mass is 10.1. The van der Waals surface area contributed by atoms with Gasteiger partial charge in [0, 0.05) is 17.8 Å². The fourth-order valence-electron chi connectivity index (χ4n) is 2.84. The quantitative estimate of drug-likeness (QED) is 0.828. The van der Waals surface area contributed by atoms with Crippen molar-refractivity contribution in [3.63, 3.8) is 0 Å². The van der Waals surface area contributed by atoms with E-state index in [2.05, 4.69) is 5.32 Å². The summed E-state index contributed by atoms with van der Waals surface area (Å²) in [4.78, 5) is 23.4. The number of rotatable bonds is 5. The van der Waals surface area contributed by atoms with Crippen molar-refractivity contribution < 1.29 is 18.0 Å². The van der Waals surface area contributed by atoms with E-state index < -0.39 is 15.9 Å². The summed E-state index contributed by atoms with van der Waals surface area (Å²) in [5.41, 5.74) is 7.34. The van der Waals surface area contributed by atoms with Gasteiger partial charge in [0.25, 0.3) is 5.91 Å². The Hall–Kier alpha value is -2.87. The molecule has 1 fully saturated rings. The van der Waals surface area contributed by atoms with Gasteiger partial charge in [-0.2, -0.15) is 0 Å². The standard InChI is InChI=1S/C18H19N3O4S/c19-17(22)11-13-5-7-15(8-6-13)20-18(23)14-3-1-4-16(12-14)21-9-2-10-26(21,24)25/h1,3-8,12H,2,9-11H2,(H2,19,22)(H,20,23). The first kappa shape index (κ1) is 17.9. The van der Waals surface area contributed by atoms with Crippen LogP contribution in [0.1, 0.15) is 22.3 Å². The van der Waals surface area contributed by atoms with Crippen LogP contribution in [0.2, 0.25) is 0 Å². The van der Waals surface area contributed by atoms with Crippen LogP contribution >= 0.6 is 0 Å². The van der Waals surface area contributed by atoms with Crippen molar-refractivity contribution in [3.8, 4) is 0 Å². The highest BCUT2D eigenvalue weighted by molar-refractivity contribution is 7.93. The minimum atomic E-state index is -3.29. The van der Waals surface area contributed by atoms with Gasteiger partial charge < -0.3 is 11.1 Å². The average Bonchev–Trinajstić information content (AvgIpc) is 2.95. The Kier molecular flexibility index (Phi) is 4.94. The number of benzene rings is 2. The van der Waals surface area contributed by atoms with Crippen LogP contribution in [-0.2, 0) is 21.2 Å². The second-order valence-electron chi connectivity index (χ2n) is 6.09. The number of sulfonamides is 1. The van der Waals surface area contributed by atoms with E-state index in [0.29, 0.717) is 29.9 Å². The van der Waals surface area contributed by atoms with Crippen LogP contribution in [-0.4, -0.2) is 32.5 Å². The lowest BCUT2D eigenvalue weighted by molar-refractivity contribution is -0.117. The Labute approximate surface area is 151 Å². The molecule has 2 aromatic rings. The smallest absolute Gasteiger partial charge is 0.255 e. The lowest BCUT2D eigenvalue weighted by Gasteiger charge is -2.17. The largest absolute Gasteiger partial charge is 0.369 e. The summed E-state index contributed by atoms with van der Waals surface area (Å²) in [6.07, 6.45) is 0.719. The van der Waals surface area contributed by atoms with Crippen LogP contribution in [0, 0.1) is 0 Å². The molecule has 1 aliphatic heterocycles. The number of hydrogen-bond donors (Lipinski definition) is 2. The summed E-state index contributed by atoms with van der Waals surface area (Å²) in [6.45, 7) is 0.425. The van der Waals surface area contributed by atoms with Crippen LogP contribution in [0.25, 0.3) is 0 Å². The van der Waals surface area contributed by atoms with E-state index in [9.17, 15) is 18.0 Å². The lowest BCUT2D eigenvalue weighted by Crippen LogP contribution is -2.25. The highest BCUT2D eigenvalue weighted by Gasteiger charge is 2.28. The van der Waals surface area contributed by atoms with Crippen molar-refractivity contribution >= 4 is 33.2 Å². The van der Waals surface area contributed by atoms with Gasteiger partial charge in [-0.25, -0.2) is 8.42 Å². The van der Waals surface area contributed by atoms with Gasteiger partial charge in [0.1, 0.15) is 0 Å². The SMILES string of the molecule is NC(=O)Cc1ccc(NC(=O)c2cccc(N3CCCS3(=O)=O)c2)cc1. The fourth-order valence-corrected chi connectivity index (χ4v) is 4.40. The molecule has 1 heterocycles. The molecule has 2 amide bonds. The maximum Gasteiger partial charge on any atom is 0.255 e. The minimum Gasteiger partial charge on any atom is -0.369 e. The molecular formula is C18H19N3O4S. The van der Waals surface area contributed by atoms with E-state index in [4.69, 9.17) is 5.73 Å². The summed E-state index contributed by atoms with van der Waals surface area (Å²) in [7, 11) is -3.29. The molecule has 0 spiro atoms. The Bertz CT molecular complexity index is 939. The van der Waals surface area contributed by atoms with Crippen molar-refractivity contribution in [2.24, 2.45) is 5.73 Å². The monoisotopic (exact) mass is 373 g/mol. The van der Waals surface area contributed by atoms with Crippen LogP contribution in [0.15, 0.2) is 48.5 Å². The van der Waals surface area contributed by atoms with Gasteiger partial charge in [-0.15, -0.1) is 0 Å². The second kappa shape index (κ2) is 7.17. The average molecular weight is 373 g/mol. The number of nitrogens with two attached hydrogens (primary N) is 1. The molecule has 2 aromatic carbocycles. The van der Waals surface area contributed by atoms with Crippen LogP contribution < -0.4 is 15.4 Å². The maximum absolute atomic E-state index is 12.5. The predicted octanol–water partition coefficient (Wildman–Crippen LogP) is 1.51. The van der Waals surface area contributed by atoms with Gasteiger partial charge >= 0.3 is 0 Å². The summed E-state index contributed by atoms with van der Waals surface area (Å²) >= 11 is 0. The Morgan fingerprint density at radius 3 is 2.46 bits per heavy atom. The van der Waals surface area contributed by atoms with Crippen LogP contribution in [0.3, 0.4) is 0 Å². The van der Waals surface area contributed by atoms with Gasteiger partial charge in [0.15, 0.2) is 0 Å². The number of nitrogens with one attached hydrogen (secondary N) is 1. The van der Waals surface area contributed by atoms with Crippen molar-refractivity contribution in [1.29, 1.82) is 0 Å². The van der Waals surface area contributed by atoms with E-state index in [0.717, 1.165) is 5.56 Å². The number of anilines is 2. The second-order valence-corrected chi connectivity index (χ2v) is 8.10. The normalized spacial score (nSPS) is 15.6. The first-order valence-electron chi connectivity index (χ1n) is 8.14. The minimum absolute atomic E-state index is 0.126. The molecule has 26 heavy (non-hydrogen) atoms. The molecule has 0 radical (unpaired) electrons. The van der Waals surface area contributed by atoms with E-state index in [1.165, 1.54) is 4.31 Å². The fraction of sp³-hybridized carbons (Fsp3) is 0.222. The van der Waals surface area contributed by atoms with Crippen molar-refractivity contribution in [3.05, 3.63) is 59.7 Å². The van der Waals surface area contributed by atoms with Gasteiger partial charge in [-0.05, 0) is 42.3 Å². The molecule has 0 aromatic heterocycles. The van der Waals surface area contributed by atoms with Gasteiger partial charge in [-0.1, -0.05) is 18.2 Å². The third-order valence-corrected chi connectivity index (χ3v) is 5.96. The third kappa shape index (κ3) is 4.02. The Morgan fingerprint density at radius 2 is 1.85 bits per heavy atom. The molecule has 3 N–H and O–H groups in total. The zero-order chi connectivity index (χ0) is 18.7. The van der Waals surface area contributed by atoms with Gasteiger partial charge in [0.05, 0.1) is 17.9 Å². The van der Waals surface area contributed by atoms with Gasteiger partial charge in [0.2, 0.25) is 15.9 Å². The maximum atomic E-state index is 12.5. The number of hydrogen-bond acceptors (Lipinski definition) is 4. The van der Waals surface area contributed by atoms with E-state index in [1.807, 2.05) is 0 Å². The summed E-state index contributed by atoms with van der Waals surface area (Å²) in [6, 6.07) is 13.3. The number of carbonyl (C=O) groups is 2. The van der Waals surface area contributed by atoms with E-state index in [1.54, 1.807) is 48.5 Å². The predicted molar refractivity (Wildman–Crippen MR) is 99.5 cm³/mol. The molecule has 8 heteroatoms. The first-order valence-corrected chi connectivity index (χ1v) is 9.75. The topological polar surface area (TPSA) is 110 Å². The van der Waals surface area contributed by atoms with Crippen molar-refractivity contribution in [2.75, 3.05) is 21.9 Å². The molecule has 136 valence electrons. The summed E-state index contributed by atoms with van der Waals surface area (Å²) in [5, 5.41) is 2.75. The molecule has 1 saturated heterocycles. The first-order chi connectivity index (χ1) is 12.3. The molecule has 0 saturated carbocycles. The third-order valence-electron chi connectivity index (χ3n) is 4.09. The number of amides is 2. The molecule has 0 bridgehead atoms. The molecule has 0 unspecified atom stereocenters. The Morgan fingerprint density at radius 1 is 1.12 bits per heavy atom. The zero-order valence-corrected chi connectivity index (χ0v) is 14.8. The molecule has 7 nitrogen and oxygen atoms in total. The molecular weight excluding hydrogens is 354 g/mol. The van der Waals surface area contributed by atoms with Crippen LogP contribution in [0.4, 0.5) is 11.4 Å². The molecule has 0 atom stereocenters. The number of nitrogens with zero attached hydrogens (tertiary/aromatic N) is 1. The Balaban J connectivity index is 1.74. The van der Waals surface area contributed by atoms with E-state index >= 15 is 0 Å². The van der Waals surface area contributed by atoms with Crippen molar-refractivity contribution in [1.82, 2.24) is 0 Å².